The van der Waals surface area contributed by atoms with Gasteiger partial charge in [0.05, 0.1) is 30.3 Å². The fourth-order valence-corrected chi connectivity index (χ4v) is 6.30. The lowest BCUT2D eigenvalue weighted by molar-refractivity contribution is -0.119. The molecule has 12 heteroatoms. The molecule has 0 bridgehead atoms. The maximum atomic E-state index is 13.7. The molecule has 10 nitrogen and oxygen atoms in total. The number of aryl methyl sites for hydroxylation is 1. The molecule has 0 fully saturated rings. The summed E-state index contributed by atoms with van der Waals surface area (Å²) in [6.07, 6.45) is 1.76. The normalized spacial score (nSPS) is 11.5. The zero-order valence-corrected chi connectivity index (χ0v) is 22.3. The van der Waals surface area contributed by atoms with E-state index in [0.717, 1.165) is 22.6 Å². The van der Waals surface area contributed by atoms with Crippen LogP contribution in [0.5, 0.6) is 17.2 Å². The van der Waals surface area contributed by atoms with Crippen LogP contribution in [0.3, 0.4) is 0 Å². The highest BCUT2D eigenvalue weighted by Crippen LogP contribution is 2.37. The quantitative estimate of drug-likeness (QED) is 0.287. The molecule has 0 unspecified atom stereocenters. The Labute approximate surface area is 218 Å². The minimum atomic E-state index is -4.02. The number of aromatic amines is 1. The summed E-state index contributed by atoms with van der Waals surface area (Å²) in [6.45, 7) is 3.58. The van der Waals surface area contributed by atoms with E-state index < -0.39 is 15.7 Å². The van der Waals surface area contributed by atoms with Crippen molar-refractivity contribution in [3.8, 4) is 17.2 Å². The number of sulfone groups is 1. The number of imidazole rings is 1. The molecule has 2 aromatic carbocycles. The molecule has 3 N–H and O–H groups in total. The third-order valence-corrected chi connectivity index (χ3v) is 8.36. The van der Waals surface area contributed by atoms with E-state index in [4.69, 9.17) is 19.9 Å². The van der Waals surface area contributed by atoms with E-state index in [1.807, 2.05) is 13.8 Å². The zero-order chi connectivity index (χ0) is 26.7. The molecule has 0 radical (unpaired) electrons. The van der Waals surface area contributed by atoms with E-state index in [-0.39, 0.29) is 27.7 Å². The number of benzene rings is 2. The summed E-state index contributed by atoms with van der Waals surface area (Å²) in [5, 5.41) is 0.538. The highest BCUT2D eigenvalue weighted by Gasteiger charge is 2.27. The molecular formula is C25H26N4O6S2. The second kappa shape index (κ2) is 10.7. The Bertz CT molecular complexity index is 1570. The van der Waals surface area contributed by atoms with E-state index in [1.54, 1.807) is 25.4 Å². The minimum Gasteiger partial charge on any atom is -0.496 e. The van der Waals surface area contributed by atoms with Crippen LogP contribution in [0.15, 0.2) is 57.5 Å². The maximum Gasteiger partial charge on any atom is 0.255 e. The van der Waals surface area contributed by atoms with Gasteiger partial charge in [0.25, 0.3) is 5.91 Å². The number of primary amides is 1. The molecule has 0 aliphatic heterocycles. The van der Waals surface area contributed by atoms with Crippen LogP contribution in [0.25, 0.3) is 11.0 Å². The molecular weight excluding hydrogens is 516 g/mol. The highest BCUT2D eigenvalue weighted by atomic mass is 32.2. The fourth-order valence-electron chi connectivity index (χ4n) is 3.84. The lowest BCUT2D eigenvalue weighted by Crippen LogP contribution is -2.20. The third kappa shape index (κ3) is 5.35. The van der Waals surface area contributed by atoms with Gasteiger partial charge in [-0.25, -0.2) is 13.4 Å². The van der Waals surface area contributed by atoms with Crippen LogP contribution in [0.2, 0.25) is 0 Å². The molecule has 4 rings (SSSR count). The van der Waals surface area contributed by atoms with Crippen molar-refractivity contribution in [3.05, 3.63) is 59.4 Å². The second-order valence-corrected chi connectivity index (χ2v) is 11.0. The second-order valence-electron chi connectivity index (χ2n) is 8.10. The number of hydrogen-bond acceptors (Lipinski definition) is 9. The topological polar surface area (TPSA) is 146 Å². The van der Waals surface area contributed by atoms with Crippen LogP contribution in [0.1, 0.15) is 16.8 Å². The van der Waals surface area contributed by atoms with E-state index >= 15 is 0 Å². The Balaban J connectivity index is 1.67. The van der Waals surface area contributed by atoms with Crippen molar-refractivity contribution < 1.29 is 27.4 Å². The van der Waals surface area contributed by atoms with Gasteiger partial charge in [-0.05, 0) is 50.2 Å². The molecule has 0 saturated carbocycles. The first kappa shape index (κ1) is 26.3. The van der Waals surface area contributed by atoms with E-state index in [2.05, 4.69) is 15.0 Å². The van der Waals surface area contributed by atoms with Gasteiger partial charge in [-0.1, -0.05) is 11.8 Å². The van der Waals surface area contributed by atoms with Gasteiger partial charge in [0.2, 0.25) is 9.84 Å². The van der Waals surface area contributed by atoms with Gasteiger partial charge in [-0.2, -0.15) is 0 Å². The lowest BCUT2D eigenvalue weighted by atomic mass is 10.1. The summed E-state index contributed by atoms with van der Waals surface area (Å²) >= 11 is 1.40. The van der Waals surface area contributed by atoms with Gasteiger partial charge in [-0.15, -0.1) is 0 Å². The summed E-state index contributed by atoms with van der Waals surface area (Å²) in [5.41, 5.74) is 8.64. The Morgan fingerprint density at radius 3 is 2.46 bits per heavy atom. The van der Waals surface area contributed by atoms with E-state index in [9.17, 15) is 13.2 Å². The van der Waals surface area contributed by atoms with Gasteiger partial charge in [0.1, 0.15) is 27.7 Å². The molecule has 0 saturated heterocycles. The lowest BCUT2D eigenvalue weighted by Gasteiger charge is -2.11. The number of nitrogens with one attached hydrogen (secondary N) is 1. The molecule has 0 aliphatic carbocycles. The fraction of sp³-hybridized carbons (Fsp3) is 0.240. The van der Waals surface area contributed by atoms with Crippen molar-refractivity contribution in [1.29, 1.82) is 0 Å². The number of nitrogens with zero attached hydrogens (tertiary/aromatic N) is 2. The number of fused-ring (bicyclic) bond motifs is 1. The summed E-state index contributed by atoms with van der Waals surface area (Å²) in [7, 11) is -0.991. The van der Waals surface area contributed by atoms with Gasteiger partial charge in [0, 0.05) is 23.1 Å². The van der Waals surface area contributed by atoms with Crippen molar-refractivity contribution in [2.75, 3.05) is 20.8 Å². The Morgan fingerprint density at radius 2 is 1.81 bits per heavy atom. The smallest absolute Gasteiger partial charge is 0.255 e. The first-order chi connectivity index (χ1) is 17.6. The summed E-state index contributed by atoms with van der Waals surface area (Å²) in [4.78, 5) is 23.2. The van der Waals surface area contributed by atoms with E-state index in [0.29, 0.717) is 22.2 Å². The van der Waals surface area contributed by atoms with Gasteiger partial charge < -0.3 is 24.9 Å². The van der Waals surface area contributed by atoms with Crippen LogP contribution < -0.4 is 19.9 Å². The van der Waals surface area contributed by atoms with Gasteiger partial charge >= 0.3 is 0 Å². The largest absolute Gasteiger partial charge is 0.496 e. The number of nitrogens with two attached hydrogens (primary N) is 1. The molecule has 37 heavy (non-hydrogen) atoms. The van der Waals surface area contributed by atoms with Gasteiger partial charge in [-0.3, -0.25) is 9.78 Å². The Hall–Kier alpha value is -3.77. The molecule has 0 aliphatic rings. The predicted octanol–water partition coefficient (Wildman–Crippen LogP) is 3.58. The monoisotopic (exact) mass is 542 g/mol. The number of methoxy groups -OCH3 is 2. The van der Waals surface area contributed by atoms with Crippen molar-refractivity contribution in [3.63, 3.8) is 0 Å². The van der Waals surface area contributed by atoms with Crippen LogP contribution in [0.4, 0.5) is 0 Å². The molecule has 0 spiro atoms. The van der Waals surface area contributed by atoms with Crippen LogP contribution in [-0.4, -0.2) is 50.1 Å². The number of ether oxygens (including phenoxy) is 3. The van der Waals surface area contributed by atoms with Crippen molar-refractivity contribution >= 4 is 38.5 Å². The first-order valence-corrected chi connectivity index (χ1v) is 13.6. The number of pyridine rings is 1. The summed E-state index contributed by atoms with van der Waals surface area (Å²) in [6, 6.07) is 9.02. The summed E-state index contributed by atoms with van der Waals surface area (Å²) in [5.74, 6) is 1.16. The van der Waals surface area contributed by atoms with E-state index in [1.165, 1.54) is 43.1 Å². The highest BCUT2D eigenvalue weighted by molar-refractivity contribution is 7.98. The Morgan fingerprint density at radius 1 is 1.08 bits per heavy atom. The zero-order valence-electron chi connectivity index (χ0n) is 20.7. The number of carbonyl (C=O) groups is 1. The molecule has 2 heterocycles. The standard InChI is InChI=1S/C25H26N4O6S2/c1-14-11-27-19(15(2)23(14)34-4)13-36-25-28-18-9-10-20(33-3)24(22(18)29-25)37(31,32)17-7-5-16(6-8-17)35-12-21(26)30/h5-11H,12-13H2,1-4H3,(H2,26,30)(H,28,29). The summed E-state index contributed by atoms with van der Waals surface area (Å²) < 4.78 is 43.4. The molecule has 2 aromatic heterocycles. The predicted molar refractivity (Wildman–Crippen MR) is 139 cm³/mol. The van der Waals surface area contributed by atoms with Crippen molar-refractivity contribution in [2.24, 2.45) is 5.73 Å². The minimum absolute atomic E-state index is 0.0218. The number of amides is 1. The molecule has 1 amide bonds. The van der Waals surface area contributed by atoms with Crippen LogP contribution >= 0.6 is 11.8 Å². The SMILES string of the molecule is COc1ccc2[nH]c(SCc3ncc(C)c(OC)c3C)nc2c1S(=O)(=O)c1ccc(OCC(N)=O)cc1. The van der Waals surface area contributed by atoms with Gasteiger partial charge in [0.15, 0.2) is 11.8 Å². The number of thioether (sulfide) groups is 1. The molecule has 0 atom stereocenters. The number of rotatable bonds is 10. The molecule has 194 valence electrons. The average molecular weight is 543 g/mol. The number of H-pyrrole nitrogens is 1. The Kier molecular flexibility index (Phi) is 7.60. The number of carbonyl (C=O) groups excluding carboxylic acids is 1. The third-order valence-electron chi connectivity index (χ3n) is 5.65. The number of aromatic nitrogens is 3. The number of hydrogen-bond donors (Lipinski definition) is 2. The average Bonchev–Trinajstić information content (AvgIpc) is 3.29. The molecule has 4 aromatic rings. The van der Waals surface area contributed by atoms with Crippen molar-refractivity contribution in [1.82, 2.24) is 15.0 Å². The van der Waals surface area contributed by atoms with Crippen LogP contribution in [-0.2, 0) is 20.4 Å². The van der Waals surface area contributed by atoms with Crippen LogP contribution in [0, 0.1) is 13.8 Å². The first-order valence-electron chi connectivity index (χ1n) is 11.1. The van der Waals surface area contributed by atoms with Crippen molar-refractivity contribution in [2.45, 2.75) is 34.5 Å². The maximum absolute atomic E-state index is 13.7.